The maximum Gasteiger partial charge on any atom is 0.338 e. The van der Waals surface area contributed by atoms with Crippen LogP contribution in [0.25, 0.3) is 0 Å². The molecule has 0 fully saturated rings. The van der Waals surface area contributed by atoms with Crippen LogP contribution in [0, 0.1) is 5.82 Å². The zero-order chi connectivity index (χ0) is 13.0. The lowest BCUT2D eigenvalue weighted by molar-refractivity contribution is 0.0692. The van der Waals surface area contributed by atoms with Gasteiger partial charge in [0.25, 0.3) is 0 Å². The number of aromatic nitrogens is 1. The fraction of sp³-hybridized carbons (Fsp3) is 0.400. The minimum atomic E-state index is -1.35. The van der Waals surface area contributed by atoms with Gasteiger partial charge in [-0.05, 0) is 13.0 Å². The fourth-order valence-electron chi connectivity index (χ4n) is 1.34. The Bertz CT molecular complexity index is 453. The van der Waals surface area contributed by atoms with Crippen molar-refractivity contribution in [1.29, 1.82) is 0 Å². The van der Waals surface area contributed by atoms with Crippen LogP contribution in [0.4, 0.5) is 10.2 Å². The molecule has 5 nitrogen and oxygen atoms in total. The van der Waals surface area contributed by atoms with Crippen LogP contribution in [0.2, 0.25) is 0 Å². The van der Waals surface area contributed by atoms with Gasteiger partial charge in [0.15, 0.2) is 11.6 Å². The van der Waals surface area contributed by atoms with Crippen LogP contribution in [0.5, 0.6) is 0 Å². The summed E-state index contributed by atoms with van der Waals surface area (Å²) < 4.78 is 24.6. The van der Waals surface area contributed by atoms with Gasteiger partial charge in [0.05, 0.1) is 0 Å². The first-order valence-corrected chi connectivity index (χ1v) is 6.59. The van der Waals surface area contributed by atoms with Gasteiger partial charge in [-0.1, -0.05) is 0 Å². The smallest absolute Gasteiger partial charge is 0.338 e. The molecule has 2 atom stereocenters. The van der Waals surface area contributed by atoms with Gasteiger partial charge < -0.3 is 10.4 Å². The zero-order valence-electron chi connectivity index (χ0n) is 9.44. The normalized spacial score (nSPS) is 14.1. The van der Waals surface area contributed by atoms with E-state index in [0.717, 1.165) is 6.07 Å². The Kier molecular flexibility index (Phi) is 4.56. The van der Waals surface area contributed by atoms with Crippen LogP contribution >= 0.6 is 0 Å². The SMILES string of the molecule is CC(CS(C)=O)Nc1nccc(C(=O)O)c1F. The zero-order valence-corrected chi connectivity index (χ0v) is 10.3. The molecule has 0 aliphatic rings. The third-order valence-corrected chi connectivity index (χ3v) is 2.96. The number of hydrogen-bond acceptors (Lipinski definition) is 4. The lowest BCUT2D eigenvalue weighted by Gasteiger charge is -2.14. The number of aromatic carboxylic acids is 1. The molecular formula is C10H13FN2O3S. The highest BCUT2D eigenvalue weighted by molar-refractivity contribution is 7.84. The molecular weight excluding hydrogens is 247 g/mol. The number of anilines is 1. The fourth-order valence-corrected chi connectivity index (χ4v) is 2.12. The predicted octanol–water partition coefficient (Wildman–Crippen LogP) is 1.10. The molecule has 0 bridgehead atoms. The van der Waals surface area contributed by atoms with Crippen molar-refractivity contribution in [2.45, 2.75) is 13.0 Å². The van der Waals surface area contributed by atoms with Crippen molar-refractivity contribution < 1.29 is 18.5 Å². The average molecular weight is 260 g/mol. The van der Waals surface area contributed by atoms with Gasteiger partial charge in [-0.3, -0.25) is 4.21 Å². The van der Waals surface area contributed by atoms with Crippen LogP contribution in [-0.2, 0) is 10.8 Å². The van der Waals surface area contributed by atoms with E-state index in [-0.39, 0.29) is 11.9 Å². The van der Waals surface area contributed by atoms with Crippen LogP contribution < -0.4 is 5.32 Å². The molecule has 1 rings (SSSR count). The summed E-state index contributed by atoms with van der Waals surface area (Å²) in [7, 11) is -1.02. The van der Waals surface area contributed by atoms with E-state index in [1.54, 1.807) is 6.92 Å². The summed E-state index contributed by atoms with van der Waals surface area (Å²) in [6.45, 7) is 1.72. The monoisotopic (exact) mass is 260 g/mol. The van der Waals surface area contributed by atoms with E-state index < -0.39 is 28.1 Å². The molecule has 0 aliphatic heterocycles. The van der Waals surface area contributed by atoms with Crippen LogP contribution in [0.15, 0.2) is 12.3 Å². The Labute approximate surface area is 101 Å². The topological polar surface area (TPSA) is 79.3 Å². The number of halogens is 1. The van der Waals surface area contributed by atoms with E-state index in [2.05, 4.69) is 10.3 Å². The molecule has 1 heterocycles. The van der Waals surface area contributed by atoms with E-state index in [1.807, 2.05) is 0 Å². The van der Waals surface area contributed by atoms with Crippen molar-refractivity contribution >= 4 is 22.6 Å². The molecule has 7 heteroatoms. The van der Waals surface area contributed by atoms with Crippen LogP contribution in [0.1, 0.15) is 17.3 Å². The number of nitrogens with zero attached hydrogens (tertiary/aromatic N) is 1. The lowest BCUT2D eigenvalue weighted by atomic mass is 10.2. The van der Waals surface area contributed by atoms with E-state index in [4.69, 9.17) is 5.11 Å². The third kappa shape index (κ3) is 3.77. The third-order valence-electron chi connectivity index (χ3n) is 1.99. The molecule has 0 radical (unpaired) electrons. The molecule has 1 aromatic rings. The van der Waals surface area contributed by atoms with Gasteiger partial charge in [0.1, 0.15) is 5.56 Å². The summed E-state index contributed by atoms with van der Waals surface area (Å²) in [4.78, 5) is 14.4. The second-order valence-electron chi connectivity index (χ2n) is 3.61. The largest absolute Gasteiger partial charge is 0.478 e. The molecule has 0 saturated heterocycles. The van der Waals surface area contributed by atoms with Gasteiger partial charge in [-0.25, -0.2) is 14.2 Å². The Morgan fingerprint density at radius 3 is 2.88 bits per heavy atom. The van der Waals surface area contributed by atoms with Crippen molar-refractivity contribution in [2.24, 2.45) is 0 Å². The van der Waals surface area contributed by atoms with Gasteiger partial charge in [0.2, 0.25) is 0 Å². The Balaban J connectivity index is 2.88. The number of carboxylic acid groups (broad SMARTS) is 1. The molecule has 17 heavy (non-hydrogen) atoms. The number of rotatable bonds is 5. The Hall–Kier alpha value is -1.50. The maximum atomic E-state index is 13.6. The maximum absolute atomic E-state index is 13.6. The first-order valence-electron chi connectivity index (χ1n) is 4.86. The minimum Gasteiger partial charge on any atom is -0.478 e. The standard InChI is InChI=1S/C10H13FN2O3S/c1-6(5-17(2)16)13-9-8(11)7(10(14)15)3-4-12-9/h3-4,6H,5H2,1-2H3,(H,12,13)(H,14,15). The van der Waals surface area contributed by atoms with Crippen molar-refractivity contribution in [1.82, 2.24) is 4.98 Å². The van der Waals surface area contributed by atoms with Gasteiger partial charge in [-0.2, -0.15) is 0 Å². The number of pyridine rings is 1. The molecule has 94 valence electrons. The summed E-state index contributed by atoms with van der Waals surface area (Å²) in [6, 6.07) is 0.831. The summed E-state index contributed by atoms with van der Waals surface area (Å²) in [5.74, 6) is -2.06. The van der Waals surface area contributed by atoms with E-state index in [9.17, 15) is 13.4 Å². The van der Waals surface area contributed by atoms with Gasteiger partial charge >= 0.3 is 5.97 Å². The number of carbonyl (C=O) groups is 1. The molecule has 2 unspecified atom stereocenters. The van der Waals surface area contributed by atoms with E-state index in [0.29, 0.717) is 5.75 Å². The number of hydrogen-bond donors (Lipinski definition) is 2. The molecule has 0 aliphatic carbocycles. The van der Waals surface area contributed by atoms with Gasteiger partial charge in [-0.15, -0.1) is 0 Å². The Morgan fingerprint density at radius 2 is 2.35 bits per heavy atom. The van der Waals surface area contributed by atoms with Crippen LogP contribution in [-0.4, -0.2) is 38.3 Å². The van der Waals surface area contributed by atoms with Crippen molar-refractivity contribution in [3.8, 4) is 0 Å². The molecule has 2 N–H and O–H groups in total. The average Bonchev–Trinajstić information content (AvgIpc) is 2.19. The number of carboxylic acids is 1. The van der Waals surface area contributed by atoms with E-state index >= 15 is 0 Å². The highest BCUT2D eigenvalue weighted by Gasteiger charge is 2.16. The molecule has 0 amide bonds. The summed E-state index contributed by atoms with van der Waals surface area (Å²) in [5, 5.41) is 11.4. The van der Waals surface area contributed by atoms with Crippen molar-refractivity contribution in [3.63, 3.8) is 0 Å². The number of nitrogens with one attached hydrogen (secondary N) is 1. The highest BCUT2D eigenvalue weighted by atomic mass is 32.2. The van der Waals surface area contributed by atoms with Gasteiger partial charge in [0, 0.05) is 35.0 Å². The lowest BCUT2D eigenvalue weighted by Crippen LogP contribution is -2.24. The first-order chi connectivity index (χ1) is 7.91. The molecule has 0 aromatic carbocycles. The predicted molar refractivity (Wildman–Crippen MR) is 63.2 cm³/mol. The Morgan fingerprint density at radius 1 is 1.71 bits per heavy atom. The summed E-state index contributed by atoms with van der Waals surface area (Å²) >= 11 is 0. The van der Waals surface area contributed by atoms with E-state index in [1.165, 1.54) is 12.5 Å². The second kappa shape index (κ2) is 5.72. The summed E-state index contributed by atoms with van der Waals surface area (Å²) in [6.07, 6.45) is 2.75. The molecule has 1 aromatic heterocycles. The molecule has 0 saturated carbocycles. The van der Waals surface area contributed by atoms with Crippen molar-refractivity contribution in [3.05, 3.63) is 23.6 Å². The first kappa shape index (κ1) is 13.6. The second-order valence-corrected chi connectivity index (χ2v) is 5.09. The highest BCUT2D eigenvalue weighted by Crippen LogP contribution is 2.15. The molecule has 0 spiro atoms. The quantitative estimate of drug-likeness (QED) is 0.828. The summed E-state index contributed by atoms with van der Waals surface area (Å²) in [5.41, 5.74) is -0.438. The van der Waals surface area contributed by atoms with Crippen molar-refractivity contribution in [2.75, 3.05) is 17.3 Å². The van der Waals surface area contributed by atoms with Crippen LogP contribution in [0.3, 0.4) is 0 Å². The minimum absolute atomic E-state index is 0.136.